The Bertz CT molecular complexity index is 966. The highest BCUT2D eigenvalue weighted by molar-refractivity contribution is 6.34. The average Bonchev–Trinajstić information content (AvgIpc) is 2.60. The van der Waals surface area contributed by atoms with Crippen LogP contribution in [0.1, 0.15) is 22.8 Å². The van der Waals surface area contributed by atoms with Crippen molar-refractivity contribution in [2.45, 2.75) is 13.8 Å². The van der Waals surface area contributed by atoms with Crippen LogP contribution in [-0.4, -0.2) is 25.0 Å². The van der Waals surface area contributed by atoms with Crippen LogP contribution in [-0.2, 0) is 4.79 Å². The quantitative estimate of drug-likeness (QED) is 0.666. The normalized spacial score (nSPS) is 10.2. The average molecular weight is 412 g/mol. The number of benzene rings is 2. The van der Waals surface area contributed by atoms with Gasteiger partial charge in [0.15, 0.2) is 11.6 Å². The highest BCUT2D eigenvalue weighted by atomic mass is 35.5. The molecule has 0 aliphatic heterocycles. The Hall–Kier alpha value is -3.20. The van der Waals surface area contributed by atoms with Crippen molar-refractivity contribution in [2.24, 2.45) is 0 Å². The van der Waals surface area contributed by atoms with Crippen molar-refractivity contribution in [3.8, 4) is 5.75 Å². The number of anilines is 2. The third kappa shape index (κ3) is 4.95. The van der Waals surface area contributed by atoms with Gasteiger partial charge in [-0.25, -0.2) is 13.6 Å². The van der Waals surface area contributed by atoms with E-state index < -0.39 is 29.1 Å². The largest absolute Gasteiger partial charge is 0.495 e. The van der Waals surface area contributed by atoms with Gasteiger partial charge in [0.2, 0.25) is 5.91 Å². The van der Waals surface area contributed by atoms with Crippen molar-refractivity contribution in [1.29, 1.82) is 0 Å². The van der Waals surface area contributed by atoms with Gasteiger partial charge in [-0.1, -0.05) is 11.6 Å². The predicted molar refractivity (Wildman–Crippen MR) is 99.9 cm³/mol. The number of rotatable bonds is 4. The number of aryl methyl sites for hydroxylation is 1. The Morgan fingerprint density at radius 1 is 1.00 bits per heavy atom. The Balaban J connectivity index is 2.20. The molecule has 0 radical (unpaired) electrons. The third-order valence-corrected chi connectivity index (χ3v) is 3.90. The summed E-state index contributed by atoms with van der Waals surface area (Å²) in [6.07, 6.45) is 0. The number of halogens is 3. The molecule has 2 rings (SSSR count). The maximum atomic E-state index is 13.3. The highest BCUT2D eigenvalue weighted by Gasteiger charge is 2.18. The first-order valence-electron chi connectivity index (χ1n) is 7.85. The minimum absolute atomic E-state index is 0.284. The molecule has 0 aromatic heterocycles. The van der Waals surface area contributed by atoms with E-state index in [1.165, 1.54) is 20.1 Å². The van der Waals surface area contributed by atoms with Crippen LogP contribution in [0, 0.1) is 18.6 Å². The van der Waals surface area contributed by atoms with Crippen LogP contribution < -0.4 is 20.7 Å². The van der Waals surface area contributed by atoms with E-state index >= 15 is 0 Å². The molecule has 28 heavy (non-hydrogen) atoms. The standard InChI is InChI=1S/C18H16ClF2N3O4/c1-8-4-16(28-3)15(22-9(2)25)7-14(8)23-18(27)24-17(26)10-5-12(20)13(21)6-11(10)19/h4-7H,1-3H3,(H,22,25)(H2,23,24,26,27). The molecule has 0 spiro atoms. The van der Waals surface area contributed by atoms with Gasteiger partial charge >= 0.3 is 6.03 Å². The van der Waals surface area contributed by atoms with E-state index in [1.807, 2.05) is 5.32 Å². The first kappa shape index (κ1) is 21.1. The summed E-state index contributed by atoms with van der Waals surface area (Å²) < 4.78 is 31.6. The van der Waals surface area contributed by atoms with Gasteiger partial charge < -0.3 is 15.4 Å². The van der Waals surface area contributed by atoms with Crippen LogP contribution >= 0.6 is 11.6 Å². The number of nitrogens with one attached hydrogen (secondary N) is 3. The summed E-state index contributed by atoms with van der Waals surface area (Å²) in [4.78, 5) is 35.5. The van der Waals surface area contributed by atoms with Gasteiger partial charge in [-0.05, 0) is 36.8 Å². The number of urea groups is 1. The van der Waals surface area contributed by atoms with E-state index in [-0.39, 0.29) is 16.6 Å². The number of imide groups is 1. The second-order valence-corrected chi connectivity index (χ2v) is 6.11. The Morgan fingerprint density at radius 3 is 2.25 bits per heavy atom. The summed E-state index contributed by atoms with van der Waals surface area (Å²) >= 11 is 5.71. The maximum Gasteiger partial charge on any atom is 0.326 e. The molecule has 0 saturated heterocycles. The molecule has 0 saturated carbocycles. The fourth-order valence-electron chi connectivity index (χ4n) is 2.29. The molecule has 2 aromatic rings. The van der Waals surface area contributed by atoms with Gasteiger partial charge in [0, 0.05) is 12.6 Å². The predicted octanol–water partition coefficient (Wildman–Crippen LogP) is 3.86. The molecule has 0 atom stereocenters. The molecule has 148 valence electrons. The van der Waals surface area contributed by atoms with Crippen molar-refractivity contribution < 1.29 is 27.9 Å². The van der Waals surface area contributed by atoms with Crippen LogP contribution in [0.3, 0.4) is 0 Å². The number of carbonyl (C=O) groups excluding carboxylic acids is 3. The molecule has 0 aliphatic carbocycles. The molecule has 4 amide bonds. The topological polar surface area (TPSA) is 96.5 Å². The van der Waals surface area contributed by atoms with E-state index in [1.54, 1.807) is 13.0 Å². The zero-order chi connectivity index (χ0) is 21.0. The summed E-state index contributed by atoms with van der Waals surface area (Å²) in [7, 11) is 1.42. The molecule has 0 aliphatic rings. The van der Waals surface area contributed by atoms with Crippen LogP contribution in [0.2, 0.25) is 5.02 Å². The molecular formula is C18H16ClF2N3O4. The van der Waals surface area contributed by atoms with Gasteiger partial charge in [-0.15, -0.1) is 0 Å². The lowest BCUT2D eigenvalue weighted by Crippen LogP contribution is -2.34. The van der Waals surface area contributed by atoms with Crippen LogP contribution in [0.15, 0.2) is 24.3 Å². The lowest BCUT2D eigenvalue weighted by molar-refractivity contribution is -0.114. The number of carbonyl (C=O) groups is 3. The molecule has 10 heteroatoms. The smallest absolute Gasteiger partial charge is 0.326 e. The van der Waals surface area contributed by atoms with Gasteiger partial charge in [-0.3, -0.25) is 14.9 Å². The maximum absolute atomic E-state index is 13.3. The monoisotopic (exact) mass is 411 g/mol. The second-order valence-electron chi connectivity index (χ2n) is 5.70. The molecule has 7 nitrogen and oxygen atoms in total. The minimum Gasteiger partial charge on any atom is -0.495 e. The van der Waals surface area contributed by atoms with Crippen molar-refractivity contribution in [2.75, 3.05) is 17.7 Å². The minimum atomic E-state index is -1.28. The number of hydrogen-bond donors (Lipinski definition) is 3. The van der Waals surface area contributed by atoms with Crippen LogP contribution in [0.5, 0.6) is 5.75 Å². The summed E-state index contributed by atoms with van der Waals surface area (Å²) in [6, 6.07) is 3.32. The molecule has 0 fully saturated rings. The molecule has 0 unspecified atom stereocenters. The van der Waals surface area contributed by atoms with Crippen LogP contribution in [0.4, 0.5) is 25.0 Å². The van der Waals surface area contributed by atoms with E-state index in [4.69, 9.17) is 16.3 Å². The van der Waals surface area contributed by atoms with Crippen molar-refractivity contribution in [1.82, 2.24) is 5.32 Å². The van der Waals surface area contributed by atoms with Gasteiger partial charge in [0.1, 0.15) is 5.75 Å². The number of methoxy groups -OCH3 is 1. The molecule has 0 heterocycles. The van der Waals surface area contributed by atoms with Gasteiger partial charge in [0.05, 0.1) is 23.4 Å². The molecule has 2 aromatic carbocycles. The number of hydrogen-bond acceptors (Lipinski definition) is 4. The van der Waals surface area contributed by atoms with Gasteiger partial charge in [-0.2, -0.15) is 0 Å². The van der Waals surface area contributed by atoms with Crippen molar-refractivity contribution in [3.05, 3.63) is 52.0 Å². The fourth-order valence-corrected chi connectivity index (χ4v) is 2.53. The zero-order valence-electron chi connectivity index (χ0n) is 15.1. The second kappa shape index (κ2) is 8.66. The van der Waals surface area contributed by atoms with Crippen molar-refractivity contribution in [3.63, 3.8) is 0 Å². The molecule has 3 N–H and O–H groups in total. The highest BCUT2D eigenvalue weighted by Crippen LogP contribution is 2.31. The lowest BCUT2D eigenvalue weighted by atomic mass is 10.1. The van der Waals surface area contributed by atoms with Crippen LogP contribution in [0.25, 0.3) is 0 Å². The van der Waals surface area contributed by atoms with E-state index in [9.17, 15) is 23.2 Å². The number of amides is 4. The SMILES string of the molecule is COc1cc(C)c(NC(=O)NC(=O)c2cc(F)c(F)cc2Cl)cc1NC(C)=O. The summed E-state index contributed by atoms with van der Waals surface area (Å²) in [5, 5.41) is 6.60. The Kier molecular flexibility index (Phi) is 6.53. The Morgan fingerprint density at radius 2 is 1.64 bits per heavy atom. The van der Waals surface area contributed by atoms with Crippen molar-refractivity contribution >= 4 is 40.8 Å². The Labute approximate surface area is 164 Å². The third-order valence-electron chi connectivity index (χ3n) is 3.59. The summed E-state index contributed by atoms with van der Waals surface area (Å²) in [6.45, 7) is 2.98. The first-order valence-corrected chi connectivity index (χ1v) is 8.23. The number of ether oxygens (including phenoxy) is 1. The molecule has 0 bridgehead atoms. The molecular weight excluding hydrogens is 396 g/mol. The zero-order valence-corrected chi connectivity index (χ0v) is 15.8. The van der Waals surface area contributed by atoms with E-state index in [0.29, 0.717) is 29.1 Å². The first-order chi connectivity index (χ1) is 13.1. The lowest BCUT2D eigenvalue weighted by Gasteiger charge is -2.15. The fraction of sp³-hybridized carbons (Fsp3) is 0.167. The van der Waals surface area contributed by atoms with E-state index in [0.717, 1.165) is 0 Å². The van der Waals surface area contributed by atoms with E-state index in [2.05, 4.69) is 10.6 Å². The summed E-state index contributed by atoms with van der Waals surface area (Å²) in [5.74, 6) is -3.48. The summed E-state index contributed by atoms with van der Waals surface area (Å²) in [5.41, 5.74) is 0.776. The van der Waals surface area contributed by atoms with Gasteiger partial charge in [0.25, 0.3) is 5.91 Å².